The lowest BCUT2D eigenvalue weighted by Crippen LogP contribution is -2.42. The minimum atomic E-state index is -3.39. The summed E-state index contributed by atoms with van der Waals surface area (Å²) in [6.45, 7) is 1.30. The zero-order chi connectivity index (χ0) is 14.9. The summed E-state index contributed by atoms with van der Waals surface area (Å²) in [5.74, 6) is 0.584. The number of rotatable bonds is 3. The Hall–Kier alpha value is -1.14. The van der Waals surface area contributed by atoms with E-state index in [0.717, 1.165) is 12.8 Å². The number of sulfonamides is 1. The quantitative estimate of drug-likeness (QED) is 0.931. The molecule has 2 heterocycles. The maximum atomic E-state index is 12.7. The molecule has 1 N–H and O–H groups in total. The van der Waals surface area contributed by atoms with Crippen molar-refractivity contribution in [3.05, 3.63) is 18.3 Å². The highest BCUT2D eigenvalue weighted by molar-refractivity contribution is 7.89. The van der Waals surface area contributed by atoms with Gasteiger partial charge in [0.25, 0.3) is 0 Å². The van der Waals surface area contributed by atoms with Crippen LogP contribution in [0.5, 0.6) is 0 Å². The Morgan fingerprint density at radius 1 is 1.19 bits per heavy atom. The Morgan fingerprint density at radius 2 is 1.86 bits per heavy atom. The van der Waals surface area contributed by atoms with Crippen LogP contribution in [0.15, 0.2) is 23.2 Å². The Labute approximate surface area is 126 Å². The van der Waals surface area contributed by atoms with Crippen molar-refractivity contribution in [1.29, 1.82) is 0 Å². The molecule has 5 nitrogen and oxygen atoms in total. The smallest absolute Gasteiger partial charge is 0.243 e. The number of pyridine rings is 1. The summed E-state index contributed by atoms with van der Waals surface area (Å²) >= 11 is 0. The Kier molecular flexibility index (Phi) is 3.92. The second kappa shape index (κ2) is 5.57. The van der Waals surface area contributed by atoms with E-state index in [1.807, 2.05) is 0 Å². The number of anilines is 1. The number of piperidine rings is 1. The minimum absolute atomic E-state index is 0.337. The zero-order valence-electron chi connectivity index (χ0n) is 12.5. The van der Waals surface area contributed by atoms with Crippen LogP contribution in [0.2, 0.25) is 0 Å². The molecule has 1 aliphatic carbocycles. The van der Waals surface area contributed by atoms with E-state index in [1.165, 1.54) is 25.7 Å². The van der Waals surface area contributed by atoms with Gasteiger partial charge < -0.3 is 5.32 Å². The summed E-state index contributed by atoms with van der Waals surface area (Å²) in [5, 5.41) is 2.89. The average molecular weight is 309 g/mol. The van der Waals surface area contributed by atoms with Gasteiger partial charge in [0.2, 0.25) is 10.0 Å². The van der Waals surface area contributed by atoms with Gasteiger partial charge in [0, 0.05) is 32.4 Å². The largest absolute Gasteiger partial charge is 0.373 e. The third kappa shape index (κ3) is 2.79. The molecule has 1 saturated carbocycles. The first kappa shape index (κ1) is 14.8. The molecule has 3 rings (SSSR count). The van der Waals surface area contributed by atoms with Crippen LogP contribution in [-0.2, 0) is 10.0 Å². The molecular weight excluding hydrogens is 286 g/mol. The molecule has 2 fully saturated rings. The second-order valence-electron chi connectivity index (χ2n) is 6.24. The lowest BCUT2D eigenvalue weighted by Gasteiger charge is -2.38. The third-order valence-electron chi connectivity index (χ3n) is 5.07. The van der Waals surface area contributed by atoms with Gasteiger partial charge in [0.05, 0.1) is 4.90 Å². The summed E-state index contributed by atoms with van der Waals surface area (Å²) in [6.07, 6.45) is 8.74. The van der Waals surface area contributed by atoms with Gasteiger partial charge in [-0.2, -0.15) is 4.31 Å². The molecule has 1 aromatic heterocycles. The van der Waals surface area contributed by atoms with Crippen LogP contribution in [0.1, 0.15) is 38.5 Å². The second-order valence-corrected chi connectivity index (χ2v) is 8.18. The summed E-state index contributed by atoms with van der Waals surface area (Å²) in [5.41, 5.74) is 0.431. The maximum Gasteiger partial charge on any atom is 0.243 e. The fourth-order valence-electron chi connectivity index (χ4n) is 3.68. The summed E-state index contributed by atoms with van der Waals surface area (Å²) in [4.78, 5) is 4.42. The standard InChI is InChI=1S/C15H23N3O2S/c1-16-14-12-13(4-9-17-14)21(19,20)18-10-7-15(8-11-18)5-2-3-6-15/h4,9,12H,2-3,5-8,10-11H2,1H3,(H,16,17). The van der Waals surface area contributed by atoms with E-state index >= 15 is 0 Å². The van der Waals surface area contributed by atoms with Crippen molar-refractivity contribution in [3.8, 4) is 0 Å². The predicted molar refractivity (Wildman–Crippen MR) is 82.7 cm³/mol. The highest BCUT2D eigenvalue weighted by Gasteiger charge is 2.40. The predicted octanol–water partition coefficient (Wildman–Crippen LogP) is 2.47. The van der Waals surface area contributed by atoms with Crippen LogP contribution >= 0.6 is 0 Å². The number of nitrogens with one attached hydrogen (secondary N) is 1. The van der Waals surface area contributed by atoms with Crippen molar-refractivity contribution >= 4 is 15.8 Å². The van der Waals surface area contributed by atoms with Gasteiger partial charge in [0.1, 0.15) is 5.82 Å². The maximum absolute atomic E-state index is 12.7. The molecule has 1 saturated heterocycles. The van der Waals surface area contributed by atoms with Gasteiger partial charge in [-0.25, -0.2) is 13.4 Å². The molecule has 0 aromatic carbocycles. The first-order valence-electron chi connectivity index (χ1n) is 7.70. The molecule has 0 radical (unpaired) electrons. The van der Waals surface area contributed by atoms with Gasteiger partial charge in [-0.15, -0.1) is 0 Å². The lowest BCUT2D eigenvalue weighted by atomic mass is 9.78. The molecule has 116 valence electrons. The molecular formula is C15H23N3O2S. The molecule has 0 bridgehead atoms. The van der Waals surface area contributed by atoms with Crippen molar-refractivity contribution in [3.63, 3.8) is 0 Å². The van der Waals surface area contributed by atoms with E-state index in [0.29, 0.717) is 29.2 Å². The van der Waals surface area contributed by atoms with Crippen LogP contribution in [0.4, 0.5) is 5.82 Å². The minimum Gasteiger partial charge on any atom is -0.373 e. The van der Waals surface area contributed by atoms with Crippen LogP contribution in [0, 0.1) is 5.41 Å². The molecule has 0 amide bonds. The average Bonchev–Trinajstić information content (AvgIpc) is 2.96. The summed E-state index contributed by atoms with van der Waals surface area (Å²) < 4.78 is 27.1. The number of hydrogen-bond acceptors (Lipinski definition) is 4. The van der Waals surface area contributed by atoms with E-state index in [2.05, 4.69) is 10.3 Å². The number of hydrogen-bond donors (Lipinski definition) is 1. The topological polar surface area (TPSA) is 62.3 Å². The van der Waals surface area contributed by atoms with Crippen LogP contribution in [-0.4, -0.2) is 37.8 Å². The Balaban J connectivity index is 1.76. The van der Waals surface area contributed by atoms with Crippen molar-refractivity contribution in [2.45, 2.75) is 43.4 Å². The van der Waals surface area contributed by atoms with Crippen molar-refractivity contribution in [1.82, 2.24) is 9.29 Å². The fourth-order valence-corrected chi connectivity index (χ4v) is 5.14. The monoisotopic (exact) mass is 309 g/mol. The van der Waals surface area contributed by atoms with Gasteiger partial charge >= 0.3 is 0 Å². The first-order valence-corrected chi connectivity index (χ1v) is 9.14. The van der Waals surface area contributed by atoms with E-state index in [-0.39, 0.29) is 0 Å². The molecule has 2 aliphatic rings. The van der Waals surface area contributed by atoms with E-state index in [9.17, 15) is 8.42 Å². The van der Waals surface area contributed by atoms with Crippen molar-refractivity contribution in [2.75, 3.05) is 25.5 Å². The van der Waals surface area contributed by atoms with Crippen molar-refractivity contribution in [2.24, 2.45) is 5.41 Å². The van der Waals surface area contributed by atoms with Gasteiger partial charge in [-0.3, -0.25) is 0 Å². The molecule has 1 aromatic rings. The fraction of sp³-hybridized carbons (Fsp3) is 0.667. The number of aromatic nitrogens is 1. The Bertz CT molecular complexity index is 599. The molecule has 1 spiro atoms. The molecule has 0 atom stereocenters. The third-order valence-corrected chi connectivity index (χ3v) is 6.97. The van der Waals surface area contributed by atoms with Gasteiger partial charge in [-0.1, -0.05) is 12.8 Å². The van der Waals surface area contributed by atoms with Crippen LogP contribution in [0.25, 0.3) is 0 Å². The zero-order valence-corrected chi connectivity index (χ0v) is 13.3. The molecule has 1 aliphatic heterocycles. The van der Waals surface area contributed by atoms with Gasteiger partial charge in [-0.05, 0) is 37.2 Å². The molecule has 0 unspecified atom stereocenters. The van der Waals surface area contributed by atoms with Crippen molar-refractivity contribution < 1.29 is 8.42 Å². The van der Waals surface area contributed by atoms with Crippen LogP contribution in [0.3, 0.4) is 0 Å². The summed E-state index contributed by atoms with van der Waals surface area (Å²) in [7, 11) is -1.65. The van der Waals surface area contributed by atoms with E-state index in [4.69, 9.17) is 0 Å². The lowest BCUT2D eigenvalue weighted by molar-refractivity contribution is 0.160. The molecule has 6 heteroatoms. The normalized spacial score (nSPS) is 22.5. The summed E-state index contributed by atoms with van der Waals surface area (Å²) in [6, 6.07) is 3.19. The Morgan fingerprint density at radius 3 is 2.48 bits per heavy atom. The molecule has 21 heavy (non-hydrogen) atoms. The van der Waals surface area contributed by atoms with Gasteiger partial charge in [0.15, 0.2) is 0 Å². The SMILES string of the molecule is CNc1cc(S(=O)(=O)N2CCC3(CCCC3)CC2)ccn1. The van der Waals surface area contributed by atoms with Crippen LogP contribution < -0.4 is 5.32 Å². The highest BCUT2D eigenvalue weighted by atomic mass is 32.2. The van der Waals surface area contributed by atoms with E-state index < -0.39 is 10.0 Å². The highest BCUT2D eigenvalue weighted by Crippen LogP contribution is 2.46. The number of nitrogens with zero attached hydrogens (tertiary/aromatic N) is 2. The first-order chi connectivity index (χ1) is 10.1. The van der Waals surface area contributed by atoms with E-state index in [1.54, 1.807) is 29.7 Å².